The number of nitrogens with two attached hydrogens (primary N) is 1. The molecule has 0 saturated heterocycles. The van der Waals surface area contributed by atoms with Gasteiger partial charge in [0.2, 0.25) is 0 Å². The molecule has 1 rings (SSSR count). The van der Waals surface area contributed by atoms with Gasteiger partial charge >= 0.3 is 0 Å². The number of hydrogen-bond acceptors (Lipinski definition) is 3. The van der Waals surface area contributed by atoms with Crippen molar-refractivity contribution in [1.29, 1.82) is 0 Å². The van der Waals surface area contributed by atoms with E-state index in [9.17, 15) is 4.39 Å². The van der Waals surface area contributed by atoms with Crippen molar-refractivity contribution in [3.63, 3.8) is 0 Å². The van der Waals surface area contributed by atoms with Crippen LogP contribution in [0.25, 0.3) is 0 Å². The van der Waals surface area contributed by atoms with Crippen molar-refractivity contribution >= 4 is 5.69 Å². The molecule has 0 spiro atoms. The molecular formula is C5H6FN3. The Kier molecular flexibility index (Phi) is 1.60. The molecule has 1 heterocycles. The SMILES string of the molecule is NNc1ccncc1F. The highest BCUT2D eigenvalue weighted by Crippen LogP contribution is 2.07. The summed E-state index contributed by atoms with van der Waals surface area (Å²) < 4.78 is 12.4. The Morgan fingerprint density at radius 2 is 2.44 bits per heavy atom. The number of hydrazine groups is 1. The highest BCUT2D eigenvalue weighted by molar-refractivity contribution is 5.40. The van der Waals surface area contributed by atoms with E-state index in [1.54, 1.807) is 0 Å². The second-order valence-corrected chi connectivity index (χ2v) is 1.50. The Morgan fingerprint density at radius 1 is 1.67 bits per heavy atom. The molecular weight excluding hydrogens is 121 g/mol. The summed E-state index contributed by atoms with van der Waals surface area (Å²) in [6.45, 7) is 0. The first-order chi connectivity index (χ1) is 4.34. The zero-order valence-electron chi connectivity index (χ0n) is 4.63. The van der Waals surface area contributed by atoms with Crippen LogP contribution in [-0.4, -0.2) is 4.98 Å². The van der Waals surface area contributed by atoms with E-state index in [2.05, 4.69) is 10.4 Å². The van der Waals surface area contributed by atoms with Crippen molar-refractivity contribution < 1.29 is 4.39 Å². The van der Waals surface area contributed by atoms with Gasteiger partial charge in [0.25, 0.3) is 0 Å². The Labute approximate surface area is 51.7 Å². The molecule has 0 atom stereocenters. The molecule has 1 aromatic heterocycles. The van der Waals surface area contributed by atoms with Gasteiger partial charge in [-0.15, -0.1) is 0 Å². The summed E-state index contributed by atoms with van der Waals surface area (Å²) in [4.78, 5) is 3.52. The molecule has 3 N–H and O–H groups in total. The van der Waals surface area contributed by atoms with E-state index in [0.29, 0.717) is 0 Å². The van der Waals surface area contributed by atoms with Crippen LogP contribution < -0.4 is 11.3 Å². The average molecular weight is 127 g/mol. The number of halogens is 1. The maximum absolute atomic E-state index is 12.4. The molecule has 0 radical (unpaired) electrons. The maximum atomic E-state index is 12.4. The quantitative estimate of drug-likeness (QED) is 0.426. The smallest absolute Gasteiger partial charge is 0.165 e. The van der Waals surface area contributed by atoms with Crippen molar-refractivity contribution in [2.24, 2.45) is 5.84 Å². The molecule has 0 fully saturated rings. The van der Waals surface area contributed by atoms with Crippen LogP contribution >= 0.6 is 0 Å². The van der Waals surface area contributed by atoms with Crippen LogP contribution in [0.3, 0.4) is 0 Å². The number of anilines is 1. The summed E-state index contributed by atoms with van der Waals surface area (Å²) in [5.41, 5.74) is 2.43. The van der Waals surface area contributed by atoms with E-state index in [-0.39, 0.29) is 5.69 Å². The van der Waals surface area contributed by atoms with Gasteiger partial charge in [-0.3, -0.25) is 10.8 Å². The van der Waals surface area contributed by atoms with E-state index < -0.39 is 5.82 Å². The minimum atomic E-state index is -0.444. The monoisotopic (exact) mass is 127 g/mol. The normalized spacial score (nSPS) is 9.11. The summed E-state index contributed by atoms with van der Waals surface area (Å²) >= 11 is 0. The second-order valence-electron chi connectivity index (χ2n) is 1.50. The number of hydrogen-bond donors (Lipinski definition) is 2. The number of rotatable bonds is 1. The fourth-order valence-electron chi connectivity index (χ4n) is 0.492. The zero-order chi connectivity index (χ0) is 6.69. The standard InChI is InChI=1S/C5H6FN3/c6-4-3-8-2-1-5(4)9-7/h1-3H,7H2,(H,8,9). The first kappa shape index (κ1) is 5.97. The van der Waals surface area contributed by atoms with Crippen LogP contribution in [0.2, 0.25) is 0 Å². The summed E-state index contributed by atoms with van der Waals surface area (Å²) in [5, 5.41) is 0. The largest absolute Gasteiger partial charge is 0.321 e. The van der Waals surface area contributed by atoms with E-state index in [1.807, 2.05) is 0 Å². The van der Waals surface area contributed by atoms with Crippen molar-refractivity contribution in [1.82, 2.24) is 4.98 Å². The van der Waals surface area contributed by atoms with Gasteiger partial charge in [-0.1, -0.05) is 0 Å². The van der Waals surface area contributed by atoms with Crippen LogP contribution in [0.1, 0.15) is 0 Å². The van der Waals surface area contributed by atoms with E-state index in [0.717, 1.165) is 6.20 Å². The number of nitrogens with one attached hydrogen (secondary N) is 1. The third kappa shape index (κ3) is 1.14. The Bertz CT molecular complexity index is 201. The lowest BCUT2D eigenvalue weighted by Gasteiger charge is -1.97. The molecule has 9 heavy (non-hydrogen) atoms. The molecule has 0 saturated carbocycles. The molecule has 3 nitrogen and oxygen atoms in total. The van der Waals surface area contributed by atoms with Crippen LogP contribution in [0.4, 0.5) is 10.1 Å². The van der Waals surface area contributed by atoms with Crippen molar-refractivity contribution in [2.45, 2.75) is 0 Å². The fraction of sp³-hybridized carbons (Fsp3) is 0. The number of nitrogen functional groups attached to an aromatic ring is 1. The van der Waals surface area contributed by atoms with Crippen LogP contribution in [-0.2, 0) is 0 Å². The minimum absolute atomic E-state index is 0.255. The fourth-order valence-corrected chi connectivity index (χ4v) is 0.492. The number of pyridine rings is 1. The van der Waals surface area contributed by atoms with Gasteiger partial charge in [-0.05, 0) is 6.07 Å². The van der Waals surface area contributed by atoms with Gasteiger partial charge in [0.05, 0.1) is 11.9 Å². The topological polar surface area (TPSA) is 50.9 Å². The molecule has 0 aliphatic carbocycles. The molecule has 0 bridgehead atoms. The molecule has 1 aromatic rings. The third-order valence-electron chi connectivity index (χ3n) is 0.928. The highest BCUT2D eigenvalue weighted by atomic mass is 19.1. The lowest BCUT2D eigenvalue weighted by Crippen LogP contribution is -2.08. The predicted molar refractivity (Wildman–Crippen MR) is 32.0 cm³/mol. The molecule has 48 valence electrons. The summed E-state index contributed by atoms with van der Waals surface area (Å²) in [6.07, 6.45) is 2.55. The summed E-state index contributed by atoms with van der Waals surface area (Å²) in [6, 6.07) is 1.45. The van der Waals surface area contributed by atoms with Gasteiger partial charge in [0, 0.05) is 6.20 Å². The summed E-state index contributed by atoms with van der Waals surface area (Å²) in [5.74, 6) is 4.49. The molecule has 0 unspecified atom stereocenters. The van der Waals surface area contributed by atoms with Crippen LogP contribution in [0.5, 0.6) is 0 Å². The van der Waals surface area contributed by atoms with Crippen molar-refractivity contribution in [2.75, 3.05) is 5.43 Å². The molecule has 0 aliphatic rings. The van der Waals surface area contributed by atoms with Gasteiger partial charge in [-0.25, -0.2) is 4.39 Å². The predicted octanol–water partition coefficient (Wildman–Crippen LogP) is 0.506. The first-order valence-corrected chi connectivity index (χ1v) is 2.40. The number of nitrogens with zero attached hydrogens (tertiary/aromatic N) is 1. The van der Waals surface area contributed by atoms with Gasteiger partial charge in [0.15, 0.2) is 5.82 Å². The Hall–Kier alpha value is -1.16. The average Bonchev–Trinajstić information content (AvgIpc) is 1.89. The minimum Gasteiger partial charge on any atom is -0.321 e. The van der Waals surface area contributed by atoms with Crippen LogP contribution in [0, 0.1) is 5.82 Å². The van der Waals surface area contributed by atoms with Gasteiger partial charge in [0.1, 0.15) is 0 Å². The highest BCUT2D eigenvalue weighted by Gasteiger charge is 1.94. The Balaban J connectivity index is 3.01. The first-order valence-electron chi connectivity index (χ1n) is 2.40. The van der Waals surface area contributed by atoms with E-state index >= 15 is 0 Å². The summed E-state index contributed by atoms with van der Waals surface area (Å²) in [7, 11) is 0. The van der Waals surface area contributed by atoms with Crippen LogP contribution in [0.15, 0.2) is 18.5 Å². The molecule has 0 amide bonds. The zero-order valence-corrected chi connectivity index (χ0v) is 4.63. The van der Waals surface area contributed by atoms with Gasteiger partial charge in [-0.2, -0.15) is 0 Å². The van der Waals surface area contributed by atoms with Gasteiger partial charge < -0.3 is 5.43 Å². The Morgan fingerprint density at radius 3 is 2.89 bits per heavy atom. The second kappa shape index (κ2) is 2.41. The van der Waals surface area contributed by atoms with Crippen molar-refractivity contribution in [3.05, 3.63) is 24.3 Å². The lowest BCUT2D eigenvalue weighted by molar-refractivity contribution is 0.624. The van der Waals surface area contributed by atoms with E-state index in [4.69, 9.17) is 5.84 Å². The maximum Gasteiger partial charge on any atom is 0.165 e. The molecule has 0 aromatic carbocycles. The molecule has 0 aliphatic heterocycles. The van der Waals surface area contributed by atoms with Crippen molar-refractivity contribution in [3.8, 4) is 0 Å². The lowest BCUT2D eigenvalue weighted by atomic mass is 10.4. The van der Waals surface area contributed by atoms with E-state index in [1.165, 1.54) is 12.3 Å². The number of aromatic nitrogens is 1. The molecule has 4 heteroatoms. The third-order valence-corrected chi connectivity index (χ3v) is 0.928.